The molecule has 2 aliphatic heterocycles. The summed E-state index contributed by atoms with van der Waals surface area (Å²) in [5.41, 5.74) is 2.03. The molecule has 1 aromatic carbocycles. The lowest BCUT2D eigenvalue weighted by atomic mass is 10.0. The van der Waals surface area contributed by atoms with Gasteiger partial charge in [-0.05, 0) is 35.4 Å². The van der Waals surface area contributed by atoms with Crippen LogP contribution in [0.3, 0.4) is 0 Å². The molecule has 2 aliphatic rings. The van der Waals surface area contributed by atoms with Gasteiger partial charge in [0.15, 0.2) is 6.10 Å². The van der Waals surface area contributed by atoms with Crippen LogP contribution in [0.15, 0.2) is 42.7 Å². The number of carbonyl (C=O) groups is 1. The lowest BCUT2D eigenvalue weighted by Crippen LogP contribution is -2.52. The van der Waals surface area contributed by atoms with E-state index in [2.05, 4.69) is 10.3 Å². The maximum atomic E-state index is 13.1. The lowest BCUT2D eigenvalue weighted by molar-refractivity contribution is -0.141. The third kappa shape index (κ3) is 3.59. The number of piperazine rings is 1. The number of pyridine rings is 1. The average molecular weight is 380 g/mol. The molecule has 2 aromatic rings. The van der Waals surface area contributed by atoms with Crippen molar-refractivity contribution in [1.82, 2.24) is 15.2 Å². The second kappa shape index (κ2) is 7.60. The van der Waals surface area contributed by atoms with Crippen molar-refractivity contribution in [1.29, 1.82) is 0 Å². The number of fused-ring (bicyclic) bond motifs is 1. The summed E-state index contributed by atoms with van der Waals surface area (Å²) < 4.78 is 5.88. The molecule has 132 valence electrons. The van der Waals surface area contributed by atoms with Gasteiger partial charge >= 0.3 is 0 Å². The molecule has 3 heterocycles. The van der Waals surface area contributed by atoms with E-state index in [4.69, 9.17) is 16.3 Å². The van der Waals surface area contributed by atoms with Crippen molar-refractivity contribution in [2.75, 3.05) is 19.6 Å². The molecule has 1 fully saturated rings. The van der Waals surface area contributed by atoms with E-state index in [-0.39, 0.29) is 24.4 Å². The number of ether oxygens (including phenoxy) is 1. The highest BCUT2D eigenvalue weighted by atomic mass is 35.5. The summed E-state index contributed by atoms with van der Waals surface area (Å²) >= 11 is 6.04. The van der Waals surface area contributed by atoms with Gasteiger partial charge in [-0.15, -0.1) is 12.4 Å². The summed E-state index contributed by atoms with van der Waals surface area (Å²) in [6.45, 7) is 2.17. The summed E-state index contributed by atoms with van der Waals surface area (Å²) in [4.78, 5) is 19.1. The molecule has 4 rings (SSSR count). The number of nitrogens with one attached hydrogen (secondary N) is 1. The van der Waals surface area contributed by atoms with Gasteiger partial charge in [0.25, 0.3) is 5.91 Å². The molecule has 0 spiro atoms. The zero-order valence-corrected chi connectivity index (χ0v) is 15.1. The Kier molecular flexibility index (Phi) is 5.47. The predicted molar refractivity (Wildman–Crippen MR) is 98.4 cm³/mol. The Morgan fingerprint density at radius 3 is 3.04 bits per heavy atom. The quantitative estimate of drug-likeness (QED) is 0.871. The molecule has 7 heteroatoms. The van der Waals surface area contributed by atoms with Gasteiger partial charge in [0.1, 0.15) is 5.75 Å². The number of halogens is 2. The molecule has 1 saturated heterocycles. The second-order valence-corrected chi connectivity index (χ2v) is 6.54. The number of hydrogen-bond acceptors (Lipinski definition) is 4. The molecule has 5 nitrogen and oxygen atoms in total. The van der Waals surface area contributed by atoms with Gasteiger partial charge in [0, 0.05) is 43.5 Å². The first kappa shape index (κ1) is 18.0. The van der Waals surface area contributed by atoms with Crippen LogP contribution in [0.4, 0.5) is 0 Å². The average Bonchev–Trinajstić information content (AvgIpc) is 3.05. The van der Waals surface area contributed by atoms with Crippen molar-refractivity contribution in [2.45, 2.75) is 18.6 Å². The third-order valence-corrected chi connectivity index (χ3v) is 4.80. The zero-order valence-electron chi connectivity index (χ0n) is 13.5. The Morgan fingerprint density at radius 2 is 2.24 bits per heavy atom. The summed E-state index contributed by atoms with van der Waals surface area (Å²) in [7, 11) is 0. The number of aromatic nitrogens is 1. The standard InChI is InChI=1S/C18H18ClN3O2.ClH/c19-14-3-4-16-13(8-14)9-17(24-16)18(23)22-7-6-21-11-15(22)12-2-1-5-20-10-12;/h1-5,8,10,15,17,21H,6-7,9,11H2;1H. The number of carbonyl (C=O) groups excluding carboxylic acids is 1. The third-order valence-electron chi connectivity index (χ3n) is 4.57. The molecule has 1 amide bonds. The van der Waals surface area contributed by atoms with Gasteiger partial charge in [-0.3, -0.25) is 9.78 Å². The van der Waals surface area contributed by atoms with E-state index in [0.717, 1.165) is 30.0 Å². The zero-order chi connectivity index (χ0) is 16.5. The smallest absolute Gasteiger partial charge is 0.264 e. The van der Waals surface area contributed by atoms with Crippen molar-refractivity contribution >= 4 is 29.9 Å². The minimum atomic E-state index is -0.476. The van der Waals surface area contributed by atoms with E-state index in [1.165, 1.54) is 0 Å². The van der Waals surface area contributed by atoms with Crippen LogP contribution in [-0.4, -0.2) is 41.5 Å². The summed E-state index contributed by atoms with van der Waals surface area (Å²) in [6.07, 6.45) is 3.66. The van der Waals surface area contributed by atoms with Crippen LogP contribution in [0, 0.1) is 0 Å². The number of rotatable bonds is 2. The summed E-state index contributed by atoms with van der Waals surface area (Å²) in [5, 5.41) is 4.02. The van der Waals surface area contributed by atoms with Crippen LogP contribution in [0.2, 0.25) is 5.02 Å². The predicted octanol–water partition coefficient (Wildman–Crippen LogP) is 2.63. The number of benzene rings is 1. The normalized spacial score (nSPS) is 21.9. The first-order valence-corrected chi connectivity index (χ1v) is 8.46. The molecule has 1 aromatic heterocycles. The molecule has 0 bridgehead atoms. The second-order valence-electron chi connectivity index (χ2n) is 6.10. The van der Waals surface area contributed by atoms with Crippen LogP contribution >= 0.6 is 24.0 Å². The molecular weight excluding hydrogens is 361 g/mol. The van der Waals surface area contributed by atoms with Crippen molar-refractivity contribution in [2.24, 2.45) is 0 Å². The Morgan fingerprint density at radius 1 is 1.36 bits per heavy atom. The molecule has 0 radical (unpaired) electrons. The Bertz CT molecular complexity index is 757. The molecule has 0 aliphatic carbocycles. The maximum absolute atomic E-state index is 13.1. The van der Waals surface area contributed by atoms with Gasteiger partial charge in [0.2, 0.25) is 0 Å². The van der Waals surface area contributed by atoms with Crippen LogP contribution in [0.25, 0.3) is 0 Å². The SMILES string of the molecule is Cl.O=C(C1Cc2cc(Cl)ccc2O1)N1CCNCC1c1cccnc1. The number of amides is 1. The van der Waals surface area contributed by atoms with Gasteiger partial charge in [-0.25, -0.2) is 0 Å². The van der Waals surface area contributed by atoms with E-state index in [1.807, 2.05) is 35.4 Å². The van der Waals surface area contributed by atoms with Crippen LogP contribution in [-0.2, 0) is 11.2 Å². The van der Waals surface area contributed by atoms with Gasteiger partial charge < -0.3 is 15.0 Å². The highest BCUT2D eigenvalue weighted by Crippen LogP contribution is 2.33. The molecule has 25 heavy (non-hydrogen) atoms. The topological polar surface area (TPSA) is 54.5 Å². The fourth-order valence-electron chi connectivity index (χ4n) is 3.38. The molecule has 2 unspecified atom stereocenters. The minimum absolute atomic E-state index is 0. The molecule has 1 N–H and O–H groups in total. The molecule has 2 atom stereocenters. The van der Waals surface area contributed by atoms with Gasteiger partial charge in [-0.1, -0.05) is 17.7 Å². The highest BCUT2D eigenvalue weighted by Gasteiger charge is 2.37. The number of nitrogens with zero attached hydrogens (tertiary/aromatic N) is 2. The van der Waals surface area contributed by atoms with E-state index in [9.17, 15) is 4.79 Å². The largest absolute Gasteiger partial charge is 0.480 e. The Hall–Kier alpha value is -1.82. The summed E-state index contributed by atoms with van der Waals surface area (Å²) in [5.74, 6) is 0.781. The number of hydrogen-bond donors (Lipinski definition) is 1. The highest BCUT2D eigenvalue weighted by molar-refractivity contribution is 6.30. The van der Waals surface area contributed by atoms with Crippen molar-refractivity contribution in [3.63, 3.8) is 0 Å². The molecule has 0 saturated carbocycles. The van der Waals surface area contributed by atoms with Gasteiger partial charge in [0.05, 0.1) is 6.04 Å². The summed E-state index contributed by atoms with van der Waals surface area (Å²) in [6, 6.07) is 9.39. The van der Waals surface area contributed by atoms with Crippen LogP contribution in [0.5, 0.6) is 5.75 Å². The van der Waals surface area contributed by atoms with Crippen LogP contribution in [0.1, 0.15) is 17.2 Å². The van der Waals surface area contributed by atoms with Crippen molar-refractivity contribution in [3.05, 3.63) is 58.9 Å². The monoisotopic (exact) mass is 379 g/mol. The van der Waals surface area contributed by atoms with E-state index >= 15 is 0 Å². The maximum Gasteiger partial charge on any atom is 0.264 e. The molecular formula is C18H19Cl2N3O2. The Balaban J connectivity index is 0.00000182. The van der Waals surface area contributed by atoms with E-state index in [1.54, 1.807) is 12.3 Å². The van der Waals surface area contributed by atoms with E-state index in [0.29, 0.717) is 18.0 Å². The Labute approximate surface area is 157 Å². The fraction of sp³-hybridized carbons (Fsp3) is 0.333. The van der Waals surface area contributed by atoms with Crippen LogP contribution < -0.4 is 10.1 Å². The van der Waals surface area contributed by atoms with Crippen molar-refractivity contribution in [3.8, 4) is 5.75 Å². The lowest BCUT2D eigenvalue weighted by Gasteiger charge is -2.37. The minimum Gasteiger partial charge on any atom is -0.480 e. The first-order chi connectivity index (χ1) is 11.7. The van der Waals surface area contributed by atoms with Gasteiger partial charge in [-0.2, -0.15) is 0 Å². The van der Waals surface area contributed by atoms with E-state index < -0.39 is 6.10 Å². The fourth-order valence-corrected chi connectivity index (χ4v) is 3.57. The van der Waals surface area contributed by atoms with Crippen molar-refractivity contribution < 1.29 is 9.53 Å². The first-order valence-electron chi connectivity index (χ1n) is 8.08.